The van der Waals surface area contributed by atoms with Gasteiger partial charge in [0.1, 0.15) is 5.70 Å². The average molecular weight is 416 g/mol. The Morgan fingerprint density at radius 3 is 2.32 bits per heavy atom. The predicted octanol–water partition coefficient (Wildman–Crippen LogP) is 5.17. The van der Waals surface area contributed by atoms with Crippen molar-refractivity contribution >= 4 is 28.8 Å². The Bertz CT molecular complexity index is 1060. The number of carbonyl (C=O) groups is 2. The second kappa shape index (κ2) is 10.1. The number of benzene rings is 2. The van der Waals surface area contributed by atoms with Gasteiger partial charge in [-0.1, -0.05) is 68.5 Å². The average Bonchev–Trinajstić information content (AvgIpc) is 3.18. The van der Waals surface area contributed by atoms with Gasteiger partial charge in [0, 0.05) is 34.3 Å². The van der Waals surface area contributed by atoms with Crippen molar-refractivity contribution in [1.29, 1.82) is 0 Å². The van der Waals surface area contributed by atoms with Crippen molar-refractivity contribution in [2.75, 3.05) is 0 Å². The maximum absolute atomic E-state index is 13.2. The van der Waals surface area contributed by atoms with E-state index in [-0.39, 0.29) is 23.6 Å². The Kier molecular flexibility index (Phi) is 6.82. The Labute approximate surface area is 182 Å². The van der Waals surface area contributed by atoms with Gasteiger partial charge in [0.2, 0.25) is 0 Å². The molecule has 0 atom stereocenters. The van der Waals surface area contributed by atoms with E-state index in [1.165, 1.54) is 19.3 Å². The van der Waals surface area contributed by atoms with Crippen LogP contribution in [0, 0.1) is 0 Å². The molecule has 1 fully saturated rings. The second-order valence-electron chi connectivity index (χ2n) is 8.18. The molecule has 0 spiro atoms. The normalized spacial score (nSPS) is 15.8. The van der Waals surface area contributed by atoms with Gasteiger partial charge in [0.15, 0.2) is 0 Å². The summed E-state index contributed by atoms with van der Waals surface area (Å²) in [5, 5.41) is 7.03. The Morgan fingerprint density at radius 2 is 1.55 bits per heavy atom. The Hall–Kier alpha value is -3.34. The van der Waals surface area contributed by atoms with Crippen molar-refractivity contribution in [2.24, 2.45) is 0 Å². The van der Waals surface area contributed by atoms with Crippen LogP contribution in [0.15, 0.2) is 66.5 Å². The maximum atomic E-state index is 13.2. The van der Waals surface area contributed by atoms with Crippen LogP contribution in [0.2, 0.25) is 0 Å². The summed E-state index contributed by atoms with van der Waals surface area (Å²) >= 11 is 0. The van der Waals surface area contributed by atoms with Crippen molar-refractivity contribution in [3.8, 4) is 0 Å². The number of carbonyl (C=O) groups excluding carboxylic acids is 2. The molecule has 0 unspecified atom stereocenters. The highest BCUT2D eigenvalue weighted by Gasteiger charge is 2.19. The lowest BCUT2D eigenvalue weighted by Gasteiger charge is -2.22. The molecule has 1 aliphatic rings. The fourth-order valence-corrected chi connectivity index (χ4v) is 4.17. The minimum Gasteiger partial charge on any atom is -0.361 e. The Morgan fingerprint density at radius 1 is 0.871 bits per heavy atom. The topological polar surface area (TPSA) is 74.0 Å². The van der Waals surface area contributed by atoms with Gasteiger partial charge < -0.3 is 15.6 Å². The first kappa shape index (κ1) is 20.9. The fraction of sp³-hybridized carbons (Fsp3) is 0.308. The number of aromatic nitrogens is 1. The van der Waals surface area contributed by atoms with E-state index < -0.39 is 0 Å². The van der Waals surface area contributed by atoms with Gasteiger partial charge >= 0.3 is 0 Å². The van der Waals surface area contributed by atoms with E-state index in [2.05, 4.69) is 15.6 Å². The van der Waals surface area contributed by atoms with Crippen LogP contribution in [-0.4, -0.2) is 22.8 Å². The summed E-state index contributed by atoms with van der Waals surface area (Å²) in [6.45, 7) is 0. The van der Waals surface area contributed by atoms with Gasteiger partial charge in [-0.3, -0.25) is 9.59 Å². The van der Waals surface area contributed by atoms with Crippen LogP contribution < -0.4 is 10.6 Å². The zero-order chi connectivity index (χ0) is 21.5. The molecule has 2 aromatic carbocycles. The molecular formula is C26H29N3O2. The van der Waals surface area contributed by atoms with Gasteiger partial charge in [-0.2, -0.15) is 0 Å². The van der Waals surface area contributed by atoms with E-state index in [9.17, 15) is 9.59 Å². The van der Waals surface area contributed by atoms with Crippen LogP contribution in [-0.2, 0) is 4.79 Å². The summed E-state index contributed by atoms with van der Waals surface area (Å²) in [5.74, 6) is -0.528. The molecule has 0 saturated heterocycles. The lowest BCUT2D eigenvalue weighted by molar-refractivity contribution is -0.118. The fourth-order valence-electron chi connectivity index (χ4n) is 4.17. The van der Waals surface area contributed by atoms with Gasteiger partial charge in [-0.15, -0.1) is 0 Å². The number of rotatable bonds is 5. The van der Waals surface area contributed by atoms with Gasteiger partial charge in [-0.25, -0.2) is 0 Å². The number of fused-ring (bicyclic) bond motifs is 1. The number of para-hydroxylation sites is 1. The van der Waals surface area contributed by atoms with Crippen LogP contribution in [0.3, 0.4) is 0 Å². The molecule has 1 aliphatic carbocycles. The van der Waals surface area contributed by atoms with Gasteiger partial charge in [-0.05, 0) is 37.1 Å². The second-order valence-corrected chi connectivity index (χ2v) is 8.18. The molecule has 31 heavy (non-hydrogen) atoms. The molecule has 0 aliphatic heterocycles. The molecule has 2 amide bonds. The maximum Gasteiger partial charge on any atom is 0.268 e. The number of aromatic amines is 1. The first-order valence-electron chi connectivity index (χ1n) is 11.2. The summed E-state index contributed by atoms with van der Waals surface area (Å²) in [6, 6.07) is 17.0. The highest BCUT2D eigenvalue weighted by Crippen LogP contribution is 2.21. The standard InChI is InChI=1S/C26H29N3O2/c30-25(19-11-5-4-6-12-19)29-24(17-20-18-27-23-16-10-9-15-22(20)23)26(31)28-21-13-7-2-1-3-8-14-21/h4-6,9-12,15-18,21,27H,1-3,7-8,13-14H2,(H,28,31)(H,29,30). The third-order valence-electron chi connectivity index (χ3n) is 5.89. The van der Waals surface area contributed by atoms with E-state index >= 15 is 0 Å². The minimum atomic E-state index is -0.292. The number of nitrogens with one attached hydrogen (secondary N) is 3. The predicted molar refractivity (Wildman–Crippen MR) is 124 cm³/mol. The monoisotopic (exact) mass is 415 g/mol. The molecule has 160 valence electrons. The lowest BCUT2D eigenvalue weighted by Crippen LogP contribution is -2.40. The molecule has 0 radical (unpaired) electrons. The van der Waals surface area contributed by atoms with E-state index in [0.29, 0.717) is 5.56 Å². The molecule has 3 aromatic rings. The molecule has 5 nitrogen and oxygen atoms in total. The van der Waals surface area contributed by atoms with Crippen LogP contribution in [0.25, 0.3) is 17.0 Å². The van der Waals surface area contributed by atoms with Crippen LogP contribution in [0.4, 0.5) is 0 Å². The van der Waals surface area contributed by atoms with E-state index in [4.69, 9.17) is 0 Å². The summed E-state index contributed by atoms with van der Waals surface area (Å²) in [5.41, 5.74) is 2.64. The van der Waals surface area contributed by atoms with E-state index in [0.717, 1.165) is 42.1 Å². The number of hydrogen-bond donors (Lipinski definition) is 3. The lowest BCUT2D eigenvalue weighted by atomic mass is 9.96. The summed E-state index contributed by atoms with van der Waals surface area (Å²) < 4.78 is 0. The third-order valence-corrected chi connectivity index (χ3v) is 5.89. The van der Waals surface area contributed by atoms with E-state index in [1.54, 1.807) is 18.2 Å². The molecule has 3 N–H and O–H groups in total. The van der Waals surface area contributed by atoms with Gasteiger partial charge in [0.25, 0.3) is 11.8 Å². The molecule has 1 heterocycles. The van der Waals surface area contributed by atoms with Crippen LogP contribution >= 0.6 is 0 Å². The van der Waals surface area contributed by atoms with Gasteiger partial charge in [0.05, 0.1) is 0 Å². The van der Waals surface area contributed by atoms with Crippen molar-refractivity contribution in [1.82, 2.24) is 15.6 Å². The first-order chi connectivity index (χ1) is 15.2. The van der Waals surface area contributed by atoms with E-state index in [1.807, 2.05) is 48.7 Å². The minimum absolute atomic E-state index is 0.146. The molecule has 0 bridgehead atoms. The summed E-state index contributed by atoms with van der Waals surface area (Å²) in [4.78, 5) is 29.3. The number of H-pyrrole nitrogens is 1. The molecule has 5 heteroatoms. The molecule has 1 saturated carbocycles. The largest absolute Gasteiger partial charge is 0.361 e. The highest BCUT2D eigenvalue weighted by atomic mass is 16.2. The SMILES string of the molecule is O=C(NC1CCCCCCC1)C(=Cc1c[nH]c2ccccc12)NC(=O)c1ccccc1. The van der Waals surface area contributed by atoms with Crippen LogP contribution in [0.1, 0.15) is 60.9 Å². The first-order valence-corrected chi connectivity index (χ1v) is 11.2. The Balaban J connectivity index is 1.60. The van der Waals surface area contributed by atoms with Crippen LogP contribution in [0.5, 0.6) is 0 Å². The highest BCUT2D eigenvalue weighted by molar-refractivity contribution is 6.06. The third kappa shape index (κ3) is 5.43. The molecular weight excluding hydrogens is 386 g/mol. The number of hydrogen-bond acceptors (Lipinski definition) is 2. The van der Waals surface area contributed by atoms with Crippen molar-refractivity contribution in [2.45, 2.75) is 51.0 Å². The zero-order valence-electron chi connectivity index (χ0n) is 17.7. The number of amides is 2. The summed E-state index contributed by atoms with van der Waals surface area (Å²) in [6.07, 6.45) is 11.6. The smallest absolute Gasteiger partial charge is 0.268 e. The summed E-state index contributed by atoms with van der Waals surface area (Å²) in [7, 11) is 0. The quantitative estimate of drug-likeness (QED) is 0.503. The van der Waals surface area contributed by atoms with Crippen molar-refractivity contribution in [3.05, 3.63) is 77.6 Å². The van der Waals surface area contributed by atoms with Crippen molar-refractivity contribution in [3.63, 3.8) is 0 Å². The molecule has 4 rings (SSSR count). The zero-order valence-corrected chi connectivity index (χ0v) is 17.7. The van der Waals surface area contributed by atoms with Crippen molar-refractivity contribution < 1.29 is 9.59 Å². The molecule has 1 aromatic heterocycles.